The molecular formula is C20H28N6O2. The molecule has 3 aromatic rings. The van der Waals surface area contributed by atoms with E-state index in [1.165, 1.54) is 0 Å². The Balaban J connectivity index is 1.96. The number of phenolic OH excluding ortho intramolecular Hbond substituents is 1. The first-order valence-corrected chi connectivity index (χ1v) is 9.52. The van der Waals surface area contributed by atoms with E-state index in [0.717, 1.165) is 11.2 Å². The van der Waals surface area contributed by atoms with E-state index in [-0.39, 0.29) is 30.4 Å². The lowest BCUT2D eigenvalue weighted by molar-refractivity contribution is 0.248. The first kappa shape index (κ1) is 19.9. The molecule has 3 rings (SSSR count). The smallest absolute Gasteiger partial charge is 0.227 e. The van der Waals surface area contributed by atoms with Crippen LogP contribution in [0.4, 0.5) is 11.8 Å². The fourth-order valence-electron chi connectivity index (χ4n) is 2.92. The van der Waals surface area contributed by atoms with E-state index in [9.17, 15) is 10.2 Å². The van der Waals surface area contributed by atoms with Crippen molar-refractivity contribution >= 4 is 22.9 Å². The molecule has 8 heteroatoms. The maximum atomic E-state index is 9.67. The summed E-state index contributed by atoms with van der Waals surface area (Å²) in [5, 5.41) is 25.8. The standard InChI is InChI=1S/C20H28N6O2/c1-12(2)16(10-27)23-20-24-18(21-9-14-6-5-7-15(28)8-14)17-19(25-20)26(11-22-17)13(3)4/h5-8,11-13,16,27-28H,9-10H2,1-4H3,(H2,21,23,24,25). The number of rotatable bonds is 8. The number of aliphatic hydroxyl groups is 1. The summed E-state index contributed by atoms with van der Waals surface area (Å²) in [5.41, 5.74) is 2.34. The summed E-state index contributed by atoms with van der Waals surface area (Å²) < 4.78 is 1.99. The van der Waals surface area contributed by atoms with Gasteiger partial charge in [0.05, 0.1) is 19.0 Å². The highest BCUT2D eigenvalue weighted by Gasteiger charge is 2.18. The van der Waals surface area contributed by atoms with Gasteiger partial charge in [0.1, 0.15) is 5.75 Å². The highest BCUT2D eigenvalue weighted by molar-refractivity contribution is 5.84. The van der Waals surface area contributed by atoms with Crippen LogP contribution in [0.2, 0.25) is 0 Å². The highest BCUT2D eigenvalue weighted by Crippen LogP contribution is 2.25. The van der Waals surface area contributed by atoms with Crippen LogP contribution in [-0.4, -0.2) is 42.4 Å². The monoisotopic (exact) mass is 384 g/mol. The van der Waals surface area contributed by atoms with Gasteiger partial charge in [0, 0.05) is 12.6 Å². The summed E-state index contributed by atoms with van der Waals surface area (Å²) in [5.74, 6) is 1.50. The molecule has 0 aliphatic heterocycles. The SMILES string of the molecule is CC(C)C(CO)Nc1nc(NCc2cccc(O)c2)c2ncn(C(C)C)c2n1. The van der Waals surface area contributed by atoms with Gasteiger partial charge >= 0.3 is 0 Å². The van der Waals surface area contributed by atoms with E-state index in [0.29, 0.717) is 23.8 Å². The van der Waals surface area contributed by atoms with E-state index in [1.807, 2.05) is 24.5 Å². The summed E-state index contributed by atoms with van der Waals surface area (Å²) in [6.45, 7) is 8.69. The number of aromatic hydroxyl groups is 1. The van der Waals surface area contributed by atoms with Gasteiger partial charge in [-0.15, -0.1) is 0 Å². The van der Waals surface area contributed by atoms with Crippen molar-refractivity contribution < 1.29 is 10.2 Å². The van der Waals surface area contributed by atoms with Crippen LogP contribution in [0.1, 0.15) is 39.3 Å². The topological polar surface area (TPSA) is 108 Å². The van der Waals surface area contributed by atoms with Crippen LogP contribution >= 0.6 is 0 Å². The lowest BCUT2D eigenvalue weighted by Crippen LogP contribution is -2.30. The number of anilines is 2. The summed E-state index contributed by atoms with van der Waals surface area (Å²) in [6, 6.07) is 7.13. The highest BCUT2D eigenvalue weighted by atomic mass is 16.3. The van der Waals surface area contributed by atoms with Crippen LogP contribution in [0.5, 0.6) is 5.75 Å². The minimum Gasteiger partial charge on any atom is -0.508 e. The number of benzene rings is 1. The fourth-order valence-corrected chi connectivity index (χ4v) is 2.92. The third-order valence-corrected chi connectivity index (χ3v) is 4.66. The van der Waals surface area contributed by atoms with E-state index >= 15 is 0 Å². The van der Waals surface area contributed by atoms with E-state index in [1.54, 1.807) is 24.5 Å². The van der Waals surface area contributed by atoms with Gasteiger partial charge < -0.3 is 25.4 Å². The maximum absolute atomic E-state index is 9.67. The van der Waals surface area contributed by atoms with Crippen LogP contribution in [0.25, 0.3) is 11.2 Å². The third-order valence-electron chi connectivity index (χ3n) is 4.66. The van der Waals surface area contributed by atoms with Gasteiger partial charge in [-0.25, -0.2) is 4.98 Å². The van der Waals surface area contributed by atoms with Gasteiger partial charge in [-0.2, -0.15) is 9.97 Å². The quantitative estimate of drug-likeness (QED) is 0.472. The minimum absolute atomic E-state index is 0.00540. The average molecular weight is 384 g/mol. The Labute approximate surface area is 164 Å². The van der Waals surface area contributed by atoms with Crippen molar-refractivity contribution in [3.8, 4) is 5.75 Å². The molecule has 1 unspecified atom stereocenters. The summed E-state index contributed by atoms with van der Waals surface area (Å²) in [4.78, 5) is 13.7. The molecule has 0 fully saturated rings. The summed E-state index contributed by atoms with van der Waals surface area (Å²) in [7, 11) is 0. The molecule has 1 atom stereocenters. The van der Waals surface area contributed by atoms with Crippen molar-refractivity contribution in [2.75, 3.05) is 17.2 Å². The van der Waals surface area contributed by atoms with Crippen molar-refractivity contribution in [2.45, 2.75) is 46.3 Å². The number of phenols is 1. The zero-order valence-corrected chi connectivity index (χ0v) is 16.7. The van der Waals surface area contributed by atoms with Gasteiger partial charge in [-0.05, 0) is 37.5 Å². The maximum Gasteiger partial charge on any atom is 0.227 e. The van der Waals surface area contributed by atoms with Crippen LogP contribution < -0.4 is 10.6 Å². The zero-order valence-electron chi connectivity index (χ0n) is 16.7. The number of hydrogen-bond donors (Lipinski definition) is 4. The number of imidazole rings is 1. The van der Waals surface area contributed by atoms with Crippen molar-refractivity contribution in [2.24, 2.45) is 5.92 Å². The Morgan fingerprint density at radius 1 is 1.14 bits per heavy atom. The lowest BCUT2D eigenvalue weighted by Gasteiger charge is -2.20. The first-order valence-electron chi connectivity index (χ1n) is 9.52. The molecule has 1 aromatic carbocycles. The molecule has 0 bridgehead atoms. The van der Waals surface area contributed by atoms with Gasteiger partial charge in [-0.3, -0.25) is 0 Å². The molecule has 8 nitrogen and oxygen atoms in total. The van der Waals surface area contributed by atoms with E-state index < -0.39 is 0 Å². The summed E-state index contributed by atoms with van der Waals surface area (Å²) >= 11 is 0. The molecule has 150 valence electrons. The van der Waals surface area contributed by atoms with Gasteiger partial charge in [0.2, 0.25) is 5.95 Å². The Morgan fingerprint density at radius 2 is 1.93 bits per heavy atom. The fraction of sp³-hybridized carbons (Fsp3) is 0.450. The Kier molecular flexibility index (Phi) is 5.99. The predicted octanol–water partition coefficient (Wildman–Crippen LogP) is 3.15. The predicted molar refractivity (Wildman–Crippen MR) is 110 cm³/mol. The van der Waals surface area contributed by atoms with Crippen LogP contribution in [0.3, 0.4) is 0 Å². The van der Waals surface area contributed by atoms with Crippen molar-refractivity contribution in [1.29, 1.82) is 0 Å². The third kappa shape index (κ3) is 4.33. The number of aliphatic hydroxyl groups excluding tert-OH is 1. The van der Waals surface area contributed by atoms with Crippen LogP contribution in [-0.2, 0) is 6.54 Å². The second-order valence-electron chi connectivity index (χ2n) is 7.51. The van der Waals surface area contributed by atoms with Gasteiger partial charge in [-0.1, -0.05) is 26.0 Å². The molecule has 28 heavy (non-hydrogen) atoms. The largest absolute Gasteiger partial charge is 0.508 e. The van der Waals surface area contributed by atoms with Gasteiger partial charge in [0.25, 0.3) is 0 Å². The zero-order chi connectivity index (χ0) is 20.3. The van der Waals surface area contributed by atoms with Crippen LogP contribution in [0, 0.1) is 5.92 Å². The molecule has 0 saturated carbocycles. The molecule has 0 spiro atoms. The van der Waals surface area contributed by atoms with Crippen molar-refractivity contribution in [3.63, 3.8) is 0 Å². The van der Waals surface area contributed by atoms with Gasteiger partial charge in [0.15, 0.2) is 17.0 Å². The summed E-state index contributed by atoms with van der Waals surface area (Å²) in [6.07, 6.45) is 1.76. The molecule has 0 radical (unpaired) electrons. The molecule has 2 aromatic heterocycles. The Hall–Kier alpha value is -2.87. The van der Waals surface area contributed by atoms with E-state index in [2.05, 4.69) is 39.4 Å². The number of hydrogen-bond acceptors (Lipinski definition) is 7. The number of fused-ring (bicyclic) bond motifs is 1. The van der Waals surface area contributed by atoms with E-state index in [4.69, 9.17) is 0 Å². The molecule has 0 aliphatic carbocycles. The number of nitrogens with zero attached hydrogens (tertiary/aromatic N) is 4. The number of aromatic nitrogens is 4. The normalized spacial score (nSPS) is 12.7. The number of nitrogens with one attached hydrogen (secondary N) is 2. The lowest BCUT2D eigenvalue weighted by atomic mass is 10.1. The molecular weight excluding hydrogens is 356 g/mol. The second kappa shape index (κ2) is 8.43. The van der Waals surface area contributed by atoms with Crippen molar-refractivity contribution in [1.82, 2.24) is 19.5 Å². The molecule has 0 aliphatic rings. The Morgan fingerprint density at radius 3 is 2.57 bits per heavy atom. The Bertz CT molecular complexity index is 938. The molecule has 0 amide bonds. The first-order chi connectivity index (χ1) is 13.4. The van der Waals surface area contributed by atoms with Crippen molar-refractivity contribution in [3.05, 3.63) is 36.2 Å². The second-order valence-corrected chi connectivity index (χ2v) is 7.51. The average Bonchev–Trinajstić information content (AvgIpc) is 3.08. The minimum atomic E-state index is -0.146. The molecule has 4 N–H and O–H groups in total. The van der Waals surface area contributed by atoms with Crippen LogP contribution in [0.15, 0.2) is 30.6 Å². The molecule has 0 saturated heterocycles. The molecule has 2 heterocycles.